The summed E-state index contributed by atoms with van der Waals surface area (Å²) in [7, 11) is 0. The molecule has 7 nitrogen and oxygen atoms in total. The smallest absolute Gasteiger partial charge is 0.304 e. The van der Waals surface area contributed by atoms with Gasteiger partial charge in [-0.3, -0.25) is 9.59 Å². The second-order valence-electron chi connectivity index (χ2n) is 10.7. The molecule has 0 saturated heterocycles. The molecule has 1 amide bonds. The van der Waals surface area contributed by atoms with Crippen LogP contribution in [-0.4, -0.2) is 30.1 Å². The highest BCUT2D eigenvalue weighted by molar-refractivity contribution is 5.94. The zero-order chi connectivity index (χ0) is 32.0. The lowest BCUT2D eigenvalue weighted by atomic mass is 10.1. The third kappa shape index (κ3) is 9.99. The molecule has 0 aromatic heterocycles. The van der Waals surface area contributed by atoms with Gasteiger partial charge in [0.05, 0.1) is 0 Å². The number of esters is 1. The van der Waals surface area contributed by atoms with E-state index < -0.39 is 5.97 Å². The van der Waals surface area contributed by atoms with Crippen molar-refractivity contribution in [2.24, 2.45) is 0 Å². The molecular formula is C39H37NO6. The first-order valence-electron chi connectivity index (χ1n) is 15.2. The van der Waals surface area contributed by atoms with E-state index in [1.807, 2.05) is 115 Å². The van der Waals surface area contributed by atoms with Crippen molar-refractivity contribution in [3.8, 4) is 17.2 Å². The van der Waals surface area contributed by atoms with Crippen LogP contribution in [0.3, 0.4) is 0 Å². The lowest BCUT2D eigenvalue weighted by Gasteiger charge is -2.22. The molecule has 0 atom stereocenters. The first-order valence-corrected chi connectivity index (χ1v) is 15.2. The molecule has 0 bridgehead atoms. The van der Waals surface area contributed by atoms with Gasteiger partial charge in [0.15, 0.2) is 6.73 Å². The number of hydrogen-bond acceptors (Lipinski definition) is 6. The van der Waals surface area contributed by atoms with Gasteiger partial charge in [0.25, 0.3) is 5.91 Å². The lowest BCUT2D eigenvalue weighted by Crippen LogP contribution is -2.35. The maximum absolute atomic E-state index is 13.6. The third-order valence-electron chi connectivity index (χ3n) is 7.19. The molecular weight excluding hydrogens is 578 g/mol. The second-order valence-corrected chi connectivity index (χ2v) is 10.7. The van der Waals surface area contributed by atoms with E-state index in [4.69, 9.17) is 18.9 Å². The van der Waals surface area contributed by atoms with Crippen LogP contribution >= 0.6 is 0 Å². The summed E-state index contributed by atoms with van der Waals surface area (Å²) >= 11 is 0. The Labute approximate surface area is 269 Å². The van der Waals surface area contributed by atoms with Gasteiger partial charge in [-0.15, -0.1) is 0 Å². The van der Waals surface area contributed by atoms with Gasteiger partial charge in [-0.1, -0.05) is 91.0 Å². The molecule has 0 unspecified atom stereocenters. The summed E-state index contributed by atoms with van der Waals surface area (Å²) in [5, 5.41) is 0. The Bertz CT molecular complexity index is 1690. The third-order valence-corrected chi connectivity index (χ3v) is 7.19. The molecule has 5 aromatic carbocycles. The minimum Gasteiger partial charge on any atom is -0.489 e. The number of ether oxygens (including phenoxy) is 4. The summed E-state index contributed by atoms with van der Waals surface area (Å²) in [4.78, 5) is 26.7. The average Bonchev–Trinajstić information content (AvgIpc) is 3.10. The molecule has 0 heterocycles. The topological polar surface area (TPSA) is 74.3 Å². The Kier molecular flexibility index (Phi) is 11.4. The number of rotatable bonds is 15. The SMILES string of the molecule is CC(=O)OCN(CCc1cccc(OCc2ccccc2)c1)C(=O)c1cccc(OCc2ccc(OCc3ccccc3)cc2)c1. The van der Waals surface area contributed by atoms with Crippen molar-refractivity contribution in [3.05, 3.63) is 161 Å². The van der Waals surface area contributed by atoms with E-state index >= 15 is 0 Å². The van der Waals surface area contributed by atoms with Crippen LogP contribution in [0.2, 0.25) is 0 Å². The lowest BCUT2D eigenvalue weighted by molar-refractivity contribution is -0.144. The average molecular weight is 616 g/mol. The van der Waals surface area contributed by atoms with Crippen molar-refractivity contribution in [1.82, 2.24) is 4.90 Å². The fraction of sp³-hybridized carbons (Fsp3) is 0.179. The Morgan fingerprint density at radius 3 is 1.67 bits per heavy atom. The van der Waals surface area contributed by atoms with E-state index in [1.54, 1.807) is 18.2 Å². The predicted octanol–water partition coefficient (Wildman–Crippen LogP) is 7.63. The molecule has 0 N–H and O–H groups in total. The van der Waals surface area contributed by atoms with E-state index in [0.29, 0.717) is 44.1 Å². The maximum atomic E-state index is 13.6. The Morgan fingerprint density at radius 2 is 1.07 bits per heavy atom. The highest BCUT2D eigenvalue weighted by Gasteiger charge is 2.18. The van der Waals surface area contributed by atoms with Crippen LogP contribution in [0, 0.1) is 0 Å². The van der Waals surface area contributed by atoms with Crippen LogP contribution in [0.15, 0.2) is 133 Å². The molecule has 0 aliphatic rings. The number of carbonyl (C=O) groups excluding carboxylic acids is 2. The van der Waals surface area contributed by atoms with Crippen molar-refractivity contribution >= 4 is 11.9 Å². The fourth-order valence-corrected chi connectivity index (χ4v) is 4.68. The second kappa shape index (κ2) is 16.5. The highest BCUT2D eigenvalue weighted by atomic mass is 16.5. The summed E-state index contributed by atoms with van der Waals surface area (Å²) in [6.45, 7) is 2.82. The molecule has 234 valence electrons. The van der Waals surface area contributed by atoms with Crippen LogP contribution in [0.5, 0.6) is 17.2 Å². The van der Waals surface area contributed by atoms with Crippen molar-refractivity contribution in [3.63, 3.8) is 0 Å². The standard InChI is InChI=1S/C39H37NO6/c1-30(41)46-29-40(23-22-31-14-8-16-37(24-31)44-27-33-12-6-3-7-13-33)39(42)35-15-9-17-38(25-35)45-28-34-18-20-36(21-19-34)43-26-32-10-4-2-5-11-32/h2-21,24-25H,22-23,26-29H2,1H3. The van der Waals surface area contributed by atoms with Crippen molar-refractivity contribution in [2.75, 3.05) is 13.3 Å². The van der Waals surface area contributed by atoms with E-state index in [1.165, 1.54) is 11.8 Å². The Morgan fingerprint density at radius 1 is 0.543 bits per heavy atom. The van der Waals surface area contributed by atoms with Crippen molar-refractivity contribution < 1.29 is 28.5 Å². The normalized spacial score (nSPS) is 10.5. The molecule has 0 saturated carbocycles. The van der Waals surface area contributed by atoms with Gasteiger partial charge in [0.1, 0.15) is 37.1 Å². The summed E-state index contributed by atoms with van der Waals surface area (Å²) in [6, 6.07) is 42.5. The zero-order valence-electron chi connectivity index (χ0n) is 25.8. The Balaban J connectivity index is 1.16. The van der Waals surface area contributed by atoms with Crippen molar-refractivity contribution in [1.29, 1.82) is 0 Å². The van der Waals surface area contributed by atoms with E-state index in [0.717, 1.165) is 33.8 Å². The minimum absolute atomic E-state index is 0.151. The molecule has 0 spiro atoms. The van der Waals surface area contributed by atoms with Crippen molar-refractivity contribution in [2.45, 2.75) is 33.2 Å². The fourth-order valence-electron chi connectivity index (χ4n) is 4.68. The number of benzene rings is 5. The van der Waals surface area contributed by atoms with Crippen LogP contribution in [0.1, 0.15) is 39.5 Å². The van der Waals surface area contributed by atoms with Gasteiger partial charge in [-0.2, -0.15) is 0 Å². The van der Waals surface area contributed by atoms with E-state index in [2.05, 4.69) is 0 Å². The number of hydrogen-bond donors (Lipinski definition) is 0. The van der Waals surface area contributed by atoms with E-state index in [9.17, 15) is 9.59 Å². The first-order chi connectivity index (χ1) is 22.5. The summed E-state index contributed by atoms with van der Waals surface area (Å²) in [5.41, 5.74) is 4.60. The quantitative estimate of drug-likeness (QED) is 0.0891. The maximum Gasteiger partial charge on any atom is 0.304 e. The monoisotopic (exact) mass is 615 g/mol. The summed E-state index contributed by atoms with van der Waals surface area (Å²) in [6.07, 6.45) is 0.552. The van der Waals surface area contributed by atoms with Gasteiger partial charge in [0.2, 0.25) is 0 Å². The summed E-state index contributed by atoms with van der Waals surface area (Å²) < 4.78 is 23.1. The van der Waals surface area contributed by atoms with Gasteiger partial charge >= 0.3 is 5.97 Å². The molecule has 46 heavy (non-hydrogen) atoms. The van der Waals surface area contributed by atoms with Gasteiger partial charge in [0, 0.05) is 19.0 Å². The highest BCUT2D eigenvalue weighted by Crippen LogP contribution is 2.20. The van der Waals surface area contributed by atoms with Gasteiger partial charge in [-0.25, -0.2) is 0 Å². The van der Waals surface area contributed by atoms with E-state index in [-0.39, 0.29) is 12.6 Å². The molecule has 5 rings (SSSR count). The van der Waals surface area contributed by atoms with Crippen LogP contribution in [0.4, 0.5) is 0 Å². The Hall–Kier alpha value is -5.56. The summed E-state index contributed by atoms with van der Waals surface area (Å²) in [5.74, 6) is 1.37. The molecule has 5 aromatic rings. The molecule has 0 aliphatic heterocycles. The molecule has 0 fully saturated rings. The molecule has 7 heteroatoms. The van der Waals surface area contributed by atoms with Crippen LogP contribution in [0.25, 0.3) is 0 Å². The number of amides is 1. The number of carbonyl (C=O) groups is 2. The van der Waals surface area contributed by atoms with Crippen LogP contribution in [-0.2, 0) is 35.8 Å². The first kappa shape index (κ1) is 31.9. The zero-order valence-corrected chi connectivity index (χ0v) is 25.8. The molecule has 0 radical (unpaired) electrons. The van der Waals surface area contributed by atoms with Gasteiger partial charge < -0.3 is 23.8 Å². The minimum atomic E-state index is -0.456. The van der Waals surface area contributed by atoms with Gasteiger partial charge in [-0.05, 0) is 71.1 Å². The molecule has 0 aliphatic carbocycles. The van der Waals surface area contributed by atoms with Crippen LogP contribution < -0.4 is 14.2 Å². The largest absolute Gasteiger partial charge is 0.489 e. The number of nitrogens with zero attached hydrogens (tertiary/aromatic N) is 1. The predicted molar refractivity (Wildman–Crippen MR) is 177 cm³/mol.